The fourth-order valence-corrected chi connectivity index (χ4v) is 3.66. The highest BCUT2D eigenvalue weighted by Crippen LogP contribution is 2.36. The number of rotatable bonds is 7. The van der Waals surface area contributed by atoms with E-state index in [9.17, 15) is 19.4 Å². The van der Waals surface area contributed by atoms with Gasteiger partial charge in [-0.2, -0.15) is 0 Å². The van der Waals surface area contributed by atoms with Gasteiger partial charge in [-0.05, 0) is 30.5 Å². The molecule has 23 heavy (non-hydrogen) atoms. The topological polar surface area (TPSA) is 60.8 Å². The second kappa shape index (κ2) is 7.41. The molecule has 1 heterocycles. The Morgan fingerprint density at radius 1 is 1.35 bits per heavy atom. The van der Waals surface area contributed by atoms with Crippen LogP contribution in [0.3, 0.4) is 0 Å². The average Bonchev–Trinajstić information content (AvgIpc) is 2.95. The van der Waals surface area contributed by atoms with E-state index in [4.69, 9.17) is 0 Å². The summed E-state index contributed by atoms with van der Waals surface area (Å²) in [5.74, 6) is -0.996. The van der Waals surface area contributed by atoms with E-state index in [1.165, 1.54) is 12.1 Å². The van der Waals surface area contributed by atoms with E-state index in [-0.39, 0.29) is 24.3 Å². The third-order valence-electron chi connectivity index (χ3n) is 5.36. The van der Waals surface area contributed by atoms with Crippen molar-refractivity contribution in [2.45, 2.75) is 32.6 Å². The largest absolute Gasteiger partial charge is 0.481 e. The first-order valence-electron chi connectivity index (χ1n) is 8.27. The molecule has 2 N–H and O–H groups in total. The number of aliphatic hydroxyl groups excluding tert-OH is 1. The Hall–Kier alpha value is -1.46. The number of carboxylic acid groups (broad SMARTS) is 1. The lowest BCUT2D eigenvalue weighted by atomic mass is 9.82. The minimum absolute atomic E-state index is 0.0111. The SMILES string of the molecule is CCC(CC)(CN1C[C@H](CO)[C@@H](c2cccc(F)c2)C1)C(=O)O. The molecule has 1 aromatic rings. The van der Waals surface area contributed by atoms with Crippen molar-refractivity contribution in [3.05, 3.63) is 35.6 Å². The smallest absolute Gasteiger partial charge is 0.310 e. The molecule has 1 fully saturated rings. The van der Waals surface area contributed by atoms with Crippen molar-refractivity contribution < 1.29 is 19.4 Å². The van der Waals surface area contributed by atoms with Crippen molar-refractivity contribution >= 4 is 5.97 Å². The fourth-order valence-electron chi connectivity index (χ4n) is 3.66. The minimum atomic E-state index is -0.766. The van der Waals surface area contributed by atoms with Gasteiger partial charge in [-0.3, -0.25) is 4.79 Å². The summed E-state index contributed by atoms with van der Waals surface area (Å²) >= 11 is 0. The predicted molar refractivity (Wildman–Crippen MR) is 86.8 cm³/mol. The molecule has 1 aromatic carbocycles. The van der Waals surface area contributed by atoms with Gasteiger partial charge in [0.15, 0.2) is 0 Å². The summed E-state index contributed by atoms with van der Waals surface area (Å²) in [4.78, 5) is 13.8. The Balaban J connectivity index is 2.17. The van der Waals surface area contributed by atoms with Gasteiger partial charge < -0.3 is 15.1 Å². The summed E-state index contributed by atoms with van der Waals surface area (Å²) in [5, 5.41) is 19.3. The van der Waals surface area contributed by atoms with Crippen LogP contribution in [0.2, 0.25) is 0 Å². The average molecular weight is 323 g/mol. The molecular weight excluding hydrogens is 297 g/mol. The summed E-state index contributed by atoms with van der Waals surface area (Å²) in [6, 6.07) is 6.49. The molecule has 0 radical (unpaired) electrons. The first kappa shape index (κ1) is 17.9. The Labute approximate surface area is 136 Å². The molecule has 1 aliphatic rings. The first-order valence-corrected chi connectivity index (χ1v) is 8.27. The maximum atomic E-state index is 13.5. The van der Waals surface area contributed by atoms with Crippen molar-refractivity contribution in [2.75, 3.05) is 26.2 Å². The van der Waals surface area contributed by atoms with Crippen LogP contribution >= 0.6 is 0 Å². The quantitative estimate of drug-likeness (QED) is 0.810. The molecule has 4 nitrogen and oxygen atoms in total. The number of nitrogens with zero attached hydrogens (tertiary/aromatic N) is 1. The van der Waals surface area contributed by atoms with Crippen molar-refractivity contribution in [1.82, 2.24) is 4.90 Å². The molecule has 2 rings (SSSR count). The van der Waals surface area contributed by atoms with Crippen LogP contribution in [0.25, 0.3) is 0 Å². The van der Waals surface area contributed by atoms with Crippen LogP contribution in [0, 0.1) is 17.2 Å². The second-order valence-corrected chi connectivity index (χ2v) is 6.59. The van der Waals surface area contributed by atoms with E-state index >= 15 is 0 Å². The van der Waals surface area contributed by atoms with Gasteiger partial charge in [-0.25, -0.2) is 4.39 Å². The van der Waals surface area contributed by atoms with Gasteiger partial charge in [-0.1, -0.05) is 26.0 Å². The van der Waals surface area contributed by atoms with Gasteiger partial charge in [0.25, 0.3) is 0 Å². The Bertz CT molecular complexity index is 545. The maximum Gasteiger partial charge on any atom is 0.310 e. The molecule has 0 unspecified atom stereocenters. The predicted octanol–water partition coefficient (Wildman–Crippen LogP) is 2.72. The number of carboxylic acids is 1. The van der Waals surface area contributed by atoms with E-state index in [1.54, 1.807) is 6.07 Å². The molecule has 0 saturated carbocycles. The molecule has 0 bridgehead atoms. The van der Waals surface area contributed by atoms with Gasteiger partial charge >= 0.3 is 5.97 Å². The zero-order chi connectivity index (χ0) is 17.0. The number of aliphatic carboxylic acids is 1. The Morgan fingerprint density at radius 2 is 2.04 bits per heavy atom. The number of hydrogen-bond donors (Lipinski definition) is 2. The second-order valence-electron chi connectivity index (χ2n) is 6.59. The van der Waals surface area contributed by atoms with Gasteiger partial charge in [0.2, 0.25) is 0 Å². The Morgan fingerprint density at radius 3 is 2.57 bits per heavy atom. The lowest BCUT2D eigenvalue weighted by molar-refractivity contribution is -0.150. The lowest BCUT2D eigenvalue weighted by Crippen LogP contribution is -2.42. The fraction of sp³-hybridized carbons (Fsp3) is 0.611. The highest BCUT2D eigenvalue weighted by atomic mass is 19.1. The molecule has 0 spiro atoms. The van der Waals surface area contributed by atoms with Gasteiger partial charge in [0.1, 0.15) is 5.82 Å². The third-order valence-corrected chi connectivity index (χ3v) is 5.36. The summed E-state index contributed by atoms with van der Waals surface area (Å²) in [6.07, 6.45) is 1.15. The standard InChI is InChI=1S/C18H26FNO3/c1-3-18(4-2,17(22)23)12-20-9-14(11-21)16(10-20)13-6-5-7-15(19)8-13/h5-8,14,16,21H,3-4,9-12H2,1-2H3,(H,22,23)/t14-,16-/m1/s1. The van der Waals surface area contributed by atoms with Crippen LogP contribution < -0.4 is 0 Å². The number of likely N-dealkylation sites (tertiary alicyclic amines) is 1. The molecule has 0 amide bonds. The summed E-state index contributed by atoms with van der Waals surface area (Å²) in [6.45, 7) is 5.60. The van der Waals surface area contributed by atoms with E-state index in [0.29, 0.717) is 32.5 Å². The van der Waals surface area contributed by atoms with Gasteiger partial charge in [0.05, 0.1) is 5.41 Å². The van der Waals surface area contributed by atoms with Crippen LogP contribution in [0.1, 0.15) is 38.2 Å². The number of hydrogen-bond acceptors (Lipinski definition) is 3. The molecule has 2 atom stereocenters. The van der Waals surface area contributed by atoms with Gasteiger partial charge in [-0.15, -0.1) is 0 Å². The summed E-state index contributed by atoms with van der Waals surface area (Å²) in [5.41, 5.74) is 0.122. The number of carbonyl (C=O) groups is 1. The van der Waals surface area contributed by atoms with Crippen molar-refractivity contribution in [1.29, 1.82) is 0 Å². The summed E-state index contributed by atoms with van der Waals surface area (Å²) < 4.78 is 13.5. The van der Waals surface area contributed by atoms with E-state index in [2.05, 4.69) is 4.90 Å². The van der Waals surface area contributed by atoms with Crippen molar-refractivity contribution in [3.8, 4) is 0 Å². The maximum absolute atomic E-state index is 13.5. The van der Waals surface area contributed by atoms with Crippen molar-refractivity contribution in [3.63, 3.8) is 0 Å². The highest BCUT2D eigenvalue weighted by molar-refractivity contribution is 5.74. The zero-order valence-corrected chi connectivity index (χ0v) is 13.8. The van der Waals surface area contributed by atoms with Crippen LogP contribution in [0.5, 0.6) is 0 Å². The first-order chi connectivity index (χ1) is 11.0. The normalized spacial score (nSPS) is 22.4. The molecule has 5 heteroatoms. The molecular formula is C18H26FNO3. The molecule has 1 aliphatic heterocycles. The number of aliphatic hydroxyl groups is 1. The van der Waals surface area contributed by atoms with E-state index in [1.807, 2.05) is 19.9 Å². The van der Waals surface area contributed by atoms with Crippen LogP contribution in [0.4, 0.5) is 4.39 Å². The molecule has 1 saturated heterocycles. The number of benzene rings is 1. The van der Waals surface area contributed by atoms with Crippen molar-refractivity contribution in [2.24, 2.45) is 11.3 Å². The van der Waals surface area contributed by atoms with Gasteiger partial charge in [0, 0.05) is 38.1 Å². The third kappa shape index (κ3) is 3.72. The van der Waals surface area contributed by atoms with Crippen LogP contribution in [0.15, 0.2) is 24.3 Å². The van der Waals surface area contributed by atoms with E-state index < -0.39 is 11.4 Å². The monoisotopic (exact) mass is 323 g/mol. The lowest BCUT2D eigenvalue weighted by Gasteiger charge is -2.31. The van der Waals surface area contributed by atoms with Crippen LogP contribution in [-0.4, -0.2) is 47.3 Å². The number of halogens is 1. The minimum Gasteiger partial charge on any atom is -0.481 e. The van der Waals surface area contributed by atoms with Crippen LogP contribution in [-0.2, 0) is 4.79 Å². The molecule has 0 aliphatic carbocycles. The van der Waals surface area contributed by atoms with E-state index in [0.717, 1.165) is 5.56 Å². The molecule has 128 valence electrons. The highest BCUT2D eigenvalue weighted by Gasteiger charge is 2.41. The Kier molecular flexibility index (Phi) is 5.76. The zero-order valence-electron chi connectivity index (χ0n) is 13.8. The molecule has 0 aromatic heterocycles. The summed E-state index contributed by atoms with van der Waals surface area (Å²) in [7, 11) is 0.